The summed E-state index contributed by atoms with van der Waals surface area (Å²) in [7, 11) is 0. The van der Waals surface area contributed by atoms with E-state index in [-0.39, 0.29) is 18.2 Å². The van der Waals surface area contributed by atoms with E-state index in [9.17, 15) is 9.90 Å². The fraction of sp³-hybridized carbons (Fsp3) is 0.682. The summed E-state index contributed by atoms with van der Waals surface area (Å²) in [6.45, 7) is 12.5. The van der Waals surface area contributed by atoms with Gasteiger partial charge in [0, 0.05) is 45.3 Å². The summed E-state index contributed by atoms with van der Waals surface area (Å²) in [6.07, 6.45) is 1.13. The molecule has 0 unspecified atom stereocenters. The summed E-state index contributed by atoms with van der Waals surface area (Å²) in [5, 5.41) is 10.5. The molecule has 0 aromatic heterocycles. The zero-order valence-corrected chi connectivity index (χ0v) is 18.8. The normalized spacial score (nSPS) is 22.1. The Bertz CT molecular complexity index is 714. The molecule has 2 fully saturated rings. The first kappa shape index (κ1) is 22.2. The number of hydrogen-bond donors (Lipinski definition) is 1. The minimum absolute atomic E-state index is 0.199. The van der Waals surface area contributed by atoms with Gasteiger partial charge in [-0.3, -0.25) is 4.90 Å². The third-order valence-corrected chi connectivity index (χ3v) is 5.94. The molecule has 2 aliphatic rings. The number of aliphatic hydroxyl groups excluding tert-OH is 1. The Morgan fingerprint density at radius 3 is 2.52 bits per heavy atom. The maximum absolute atomic E-state index is 12.4. The SMILES string of the molecule is C[C@H]1CN(C(=O)OC(C)(C)C)CCN1Cc1ccc(Cl)c(N2CCC(O)CC2)c1. The van der Waals surface area contributed by atoms with E-state index in [1.54, 1.807) is 4.90 Å². The van der Waals surface area contributed by atoms with Crippen LogP contribution in [0.1, 0.15) is 46.1 Å². The lowest BCUT2D eigenvalue weighted by Gasteiger charge is -2.40. The number of hydrogen-bond acceptors (Lipinski definition) is 5. The van der Waals surface area contributed by atoms with Crippen molar-refractivity contribution in [1.82, 2.24) is 9.80 Å². The van der Waals surface area contributed by atoms with E-state index in [0.717, 1.165) is 49.7 Å². The maximum atomic E-state index is 12.4. The summed E-state index contributed by atoms with van der Waals surface area (Å²) in [6, 6.07) is 6.48. The molecule has 1 aromatic rings. The number of carbonyl (C=O) groups excluding carboxylic acids is 1. The molecule has 1 atom stereocenters. The van der Waals surface area contributed by atoms with Gasteiger partial charge in [0.15, 0.2) is 0 Å². The van der Waals surface area contributed by atoms with Crippen molar-refractivity contribution in [2.75, 3.05) is 37.6 Å². The van der Waals surface area contributed by atoms with Crippen molar-refractivity contribution in [3.05, 3.63) is 28.8 Å². The van der Waals surface area contributed by atoms with E-state index in [4.69, 9.17) is 16.3 Å². The highest BCUT2D eigenvalue weighted by Crippen LogP contribution is 2.30. The molecular formula is C22H34ClN3O3. The van der Waals surface area contributed by atoms with Crippen LogP contribution in [0.25, 0.3) is 0 Å². The lowest BCUT2D eigenvalue weighted by Crippen LogP contribution is -2.54. The van der Waals surface area contributed by atoms with Gasteiger partial charge in [-0.05, 0) is 58.2 Å². The van der Waals surface area contributed by atoms with Gasteiger partial charge in [-0.2, -0.15) is 0 Å². The second-order valence-corrected chi connectivity index (χ2v) is 9.66. The monoisotopic (exact) mass is 423 g/mol. The van der Waals surface area contributed by atoms with E-state index >= 15 is 0 Å². The predicted octanol–water partition coefficient (Wildman–Crippen LogP) is 3.74. The molecule has 1 amide bonds. The number of ether oxygens (including phenoxy) is 1. The second-order valence-electron chi connectivity index (χ2n) is 9.25. The standard InChI is InChI=1S/C22H34ClN3O3/c1-16-14-26(21(28)29-22(2,3)4)12-11-25(16)15-17-5-6-19(23)20(13-17)24-9-7-18(27)8-10-24/h5-6,13,16,18,27H,7-12,14-15H2,1-4H3/t16-/m0/s1. The van der Waals surface area contributed by atoms with Crippen LogP contribution in [-0.4, -0.2) is 71.5 Å². The van der Waals surface area contributed by atoms with Crippen molar-refractivity contribution >= 4 is 23.4 Å². The van der Waals surface area contributed by atoms with Crippen LogP contribution in [0.2, 0.25) is 5.02 Å². The van der Waals surface area contributed by atoms with Crippen LogP contribution in [-0.2, 0) is 11.3 Å². The molecule has 6 nitrogen and oxygen atoms in total. The highest BCUT2D eigenvalue weighted by atomic mass is 35.5. The molecular weight excluding hydrogens is 390 g/mol. The molecule has 0 aliphatic carbocycles. The topological polar surface area (TPSA) is 56.2 Å². The molecule has 162 valence electrons. The van der Waals surface area contributed by atoms with Crippen molar-refractivity contribution in [3.63, 3.8) is 0 Å². The highest BCUT2D eigenvalue weighted by Gasteiger charge is 2.30. The molecule has 0 spiro atoms. The fourth-order valence-electron chi connectivity index (χ4n) is 3.96. The lowest BCUT2D eigenvalue weighted by atomic mass is 10.1. The molecule has 7 heteroatoms. The first-order valence-electron chi connectivity index (χ1n) is 10.6. The third kappa shape index (κ3) is 6.00. The van der Waals surface area contributed by atoms with Gasteiger partial charge < -0.3 is 19.6 Å². The van der Waals surface area contributed by atoms with Gasteiger partial charge in [0.1, 0.15) is 5.60 Å². The summed E-state index contributed by atoms with van der Waals surface area (Å²) < 4.78 is 5.51. The third-order valence-electron chi connectivity index (χ3n) is 5.62. The smallest absolute Gasteiger partial charge is 0.410 e. The van der Waals surface area contributed by atoms with Gasteiger partial charge in [-0.1, -0.05) is 17.7 Å². The van der Waals surface area contributed by atoms with Crippen LogP contribution in [0.15, 0.2) is 18.2 Å². The Hall–Kier alpha value is -1.50. The molecule has 0 radical (unpaired) electrons. The molecule has 1 N–H and O–H groups in total. The number of piperidine rings is 1. The number of nitrogens with zero attached hydrogens (tertiary/aromatic N) is 3. The Morgan fingerprint density at radius 2 is 1.90 bits per heavy atom. The molecule has 0 bridgehead atoms. The minimum Gasteiger partial charge on any atom is -0.444 e. The van der Waals surface area contributed by atoms with Gasteiger partial charge >= 0.3 is 6.09 Å². The summed E-state index contributed by atoms with van der Waals surface area (Å²) >= 11 is 6.47. The maximum Gasteiger partial charge on any atom is 0.410 e. The first-order valence-corrected chi connectivity index (χ1v) is 10.9. The van der Waals surface area contributed by atoms with E-state index < -0.39 is 5.60 Å². The predicted molar refractivity (Wildman–Crippen MR) is 117 cm³/mol. The number of amides is 1. The average molecular weight is 424 g/mol. The van der Waals surface area contributed by atoms with Crippen molar-refractivity contribution in [2.45, 2.75) is 64.8 Å². The molecule has 2 aliphatic heterocycles. The van der Waals surface area contributed by atoms with E-state index in [2.05, 4.69) is 28.9 Å². The van der Waals surface area contributed by atoms with Gasteiger partial charge in [0.25, 0.3) is 0 Å². The average Bonchev–Trinajstić information content (AvgIpc) is 2.64. The van der Waals surface area contributed by atoms with Crippen molar-refractivity contribution in [1.29, 1.82) is 0 Å². The molecule has 2 heterocycles. The lowest BCUT2D eigenvalue weighted by molar-refractivity contribution is 0.00461. The van der Waals surface area contributed by atoms with Crippen LogP contribution < -0.4 is 4.90 Å². The van der Waals surface area contributed by atoms with Crippen LogP contribution in [0.5, 0.6) is 0 Å². The van der Waals surface area contributed by atoms with E-state index in [1.807, 2.05) is 26.8 Å². The molecule has 29 heavy (non-hydrogen) atoms. The van der Waals surface area contributed by atoms with Gasteiger partial charge in [-0.25, -0.2) is 4.79 Å². The van der Waals surface area contributed by atoms with Crippen LogP contribution in [0.3, 0.4) is 0 Å². The second kappa shape index (κ2) is 9.11. The fourth-order valence-corrected chi connectivity index (χ4v) is 4.20. The van der Waals surface area contributed by atoms with Crippen molar-refractivity contribution in [2.24, 2.45) is 0 Å². The number of benzene rings is 1. The van der Waals surface area contributed by atoms with Gasteiger partial charge in [0.05, 0.1) is 16.8 Å². The quantitative estimate of drug-likeness (QED) is 0.802. The Balaban J connectivity index is 1.61. The van der Waals surface area contributed by atoms with Gasteiger partial charge in [-0.15, -0.1) is 0 Å². The van der Waals surface area contributed by atoms with Crippen LogP contribution in [0, 0.1) is 0 Å². The first-order chi connectivity index (χ1) is 13.6. The van der Waals surface area contributed by atoms with E-state index in [0.29, 0.717) is 13.1 Å². The highest BCUT2D eigenvalue weighted by molar-refractivity contribution is 6.33. The summed E-state index contributed by atoms with van der Waals surface area (Å²) in [5.41, 5.74) is 1.80. The molecule has 2 saturated heterocycles. The summed E-state index contributed by atoms with van der Waals surface area (Å²) in [4.78, 5) is 18.8. The number of carbonyl (C=O) groups is 1. The molecule has 1 aromatic carbocycles. The number of anilines is 1. The van der Waals surface area contributed by atoms with E-state index in [1.165, 1.54) is 5.56 Å². The molecule has 3 rings (SSSR count). The zero-order chi connectivity index (χ0) is 21.2. The number of halogens is 1. The zero-order valence-electron chi connectivity index (χ0n) is 18.0. The van der Waals surface area contributed by atoms with Crippen LogP contribution >= 0.6 is 11.6 Å². The number of rotatable bonds is 3. The Labute approximate surface area is 179 Å². The largest absolute Gasteiger partial charge is 0.444 e. The Morgan fingerprint density at radius 1 is 1.21 bits per heavy atom. The Kier molecular flexibility index (Phi) is 6.97. The van der Waals surface area contributed by atoms with Gasteiger partial charge in [0.2, 0.25) is 0 Å². The van der Waals surface area contributed by atoms with Crippen molar-refractivity contribution in [3.8, 4) is 0 Å². The summed E-state index contributed by atoms with van der Waals surface area (Å²) in [5.74, 6) is 0. The molecule has 0 saturated carbocycles. The minimum atomic E-state index is -0.471. The van der Waals surface area contributed by atoms with Crippen molar-refractivity contribution < 1.29 is 14.6 Å². The van der Waals surface area contributed by atoms with Crippen LogP contribution in [0.4, 0.5) is 10.5 Å². The number of piperazine rings is 1. The number of aliphatic hydroxyl groups is 1.